The molecule has 98 valence electrons. The molecular weight excluding hydrogens is 242 g/mol. The number of aryl methyl sites for hydroxylation is 1. The molecule has 0 unspecified atom stereocenters. The Morgan fingerprint density at radius 1 is 1.21 bits per heavy atom. The zero-order chi connectivity index (χ0) is 13.8. The van der Waals surface area contributed by atoms with Gasteiger partial charge in [0, 0.05) is 24.8 Å². The van der Waals surface area contributed by atoms with Crippen LogP contribution in [0.2, 0.25) is 0 Å². The van der Waals surface area contributed by atoms with Crippen LogP contribution in [0.25, 0.3) is 0 Å². The molecule has 1 heterocycles. The molecule has 0 radical (unpaired) electrons. The minimum absolute atomic E-state index is 0.0226. The summed E-state index contributed by atoms with van der Waals surface area (Å²) >= 11 is 0. The van der Waals surface area contributed by atoms with Crippen molar-refractivity contribution < 1.29 is 14.7 Å². The van der Waals surface area contributed by atoms with Crippen LogP contribution in [0.15, 0.2) is 18.2 Å². The maximum Gasteiger partial charge on any atom is 0.234 e. The highest BCUT2D eigenvalue weighted by atomic mass is 16.2. The van der Waals surface area contributed by atoms with Gasteiger partial charge in [-0.25, -0.2) is 0 Å². The van der Waals surface area contributed by atoms with Crippen molar-refractivity contribution in [2.75, 3.05) is 11.5 Å². The quantitative estimate of drug-likeness (QED) is 0.643. The summed E-state index contributed by atoms with van der Waals surface area (Å²) in [6.07, 6.45) is 0.960. The fraction of sp³-hybridized carbons (Fsp3) is 0.333. The van der Waals surface area contributed by atoms with Gasteiger partial charge in [-0.15, -0.1) is 0 Å². The van der Waals surface area contributed by atoms with Gasteiger partial charge in [0.1, 0.15) is 0 Å². The van der Waals surface area contributed by atoms with Crippen LogP contribution in [0.5, 0.6) is 0 Å². The largest absolute Gasteiger partial charge is 0.395 e. The Morgan fingerprint density at radius 2 is 1.89 bits per heavy atom. The van der Waals surface area contributed by atoms with E-state index in [9.17, 15) is 9.59 Å². The van der Waals surface area contributed by atoms with E-state index in [1.54, 1.807) is 12.1 Å². The van der Waals surface area contributed by atoms with Crippen LogP contribution in [0.1, 0.15) is 30.4 Å². The average Bonchev–Trinajstić information content (AvgIpc) is 2.69. The highest BCUT2D eigenvalue weighted by Crippen LogP contribution is 2.24. The van der Waals surface area contributed by atoms with E-state index in [1.165, 1.54) is 4.90 Å². The lowest BCUT2D eigenvalue weighted by molar-refractivity contribution is -0.121. The predicted octanol–water partition coefficient (Wildman–Crippen LogP) is 1.38. The highest BCUT2D eigenvalue weighted by molar-refractivity contribution is 6.19. The second-order valence-corrected chi connectivity index (χ2v) is 4.46. The van der Waals surface area contributed by atoms with Crippen molar-refractivity contribution in [1.29, 1.82) is 0 Å². The molecule has 0 spiro atoms. The molecule has 0 aromatic heterocycles. The fourth-order valence-corrected chi connectivity index (χ4v) is 2.05. The van der Waals surface area contributed by atoms with Crippen molar-refractivity contribution in [1.82, 2.24) is 0 Å². The normalized spacial score (nSPS) is 14.5. The Hall–Kier alpha value is -2.12. The Labute approximate surface area is 112 Å². The predicted molar refractivity (Wildman–Crippen MR) is 71.5 cm³/mol. The number of anilines is 1. The van der Waals surface area contributed by atoms with E-state index in [0.717, 1.165) is 11.1 Å². The molecule has 1 aliphatic heterocycles. The first-order chi connectivity index (χ1) is 9.11. The third-order valence-corrected chi connectivity index (χ3v) is 2.84. The average molecular weight is 257 g/mol. The Bertz CT molecular complexity index is 565. The first kappa shape index (κ1) is 13.3. The summed E-state index contributed by atoms with van der Waals surface area (Å²) in [4.78, 5) is 24.6. The van der Waals surface area contributed by atoms with Crippen molar-refractivity contribution >= 4 is 17.5 Å². The second-order valence-electron chi connectivity index (χ2n) is 4.46. The first-order valence-corrected chi connectivity index (χ1v) is 6.19. The number of nitrogens with zero attached hydrogens (tertiary/aromatic N) is 1. The molecule has 1 aliphatic rings. The SMILES string of the molecule is Cc1cc(C#CCCO)cc(N2C(=O)CCC2=O)c1. The zero-order valence-corrected chi connectivity index (χ0v) is 10.8. The third kappa shape index (κ3) is 3.01. The van der Waals surface area contributed by atoms with Crippen molar-refractivity contribution in [3.05, 3.63) is 29.3 Å². The van der Waals surface area contributed by atoms with Crippen LogP contribution >= 0.6 is 0 Å². The number of hydrogen-bond acceptors (Lipinski definition) is 3. The number of hydrogen-bond donors (Lipinski definition) is 1. The minimum Gasteiger partial charge on any atom is -0.395 e. The molecule has 0 saturated carbocycles. The molecule has 2 amide bonds. The molecular formula is C15H15NO3. The number of benzene rings is 1. The molecule has 4 nitrogen and oxygen atoms in total. The Kier molecular flexibility index (Phi) is 3.98. The minimum atomic E-state index is -0.162. The third-order valence-electron chi connectivity index (χ3n) is 2.84. The molecule has 1 fully saturated rings. The van der Waals surface area contributed by atoms with Gasteiger partial charge in [0.25, 0.3) is 0 Å². The Balaban J connectivity index is 2.34. The molecule has 4 heteroatoms. The van der Waals surface area contributed by atoms with Crippen LogP contribution in [0.3, 0.4) is 0 Å². The van der Waals surface area contributed by atoms with Gasteiger partial charge in [-0.3, -0.25) is 14.5 Å². The van der Waals surface area contributed by atoms with Crippen molar-refractivity contribution in [3.8, 4) is 11.8 Å². The van der Waals surface area contributed by atoms with E-state index in [4.69, 9.17) is 5.11 Å². The van der Waals surface area contributed by atoms with Gasteiger partial charge in [0.05, 0.1) is 12.3 Å². The summed E-state index contributed by atoms with van der Waals surface area (Å²) in [7, 11) is 0. The number of carbonyl (C=O) groups excluding carboxylic acids is 2. The number of aliphatic hydroxyl groups is 1. The van der Waals surface area contributed by atoms with Crippen LogP contribution in [0.4, 0.5) is 5.69 Å². The maximum absolute atomic E-state index is 11.7. The summed E-state index contributed by atoms with van der Waals surface area (Å²) in [5.41, 5.74) is 2.27. The van der Waals surface area contributed by atoms with E-state index >= 15 is 0 Å². The van der Waals surface area contributed by atoms with Gasteiger partial charge in [-0.2, -0.15) is 0 Å². The van der Waals surface area contributed by atoms with Crippen molar-refractivity contribution in [3.63, 3.8) is 0 Å². The number of amides is 2. The molecule has 2 rings (SSSR count). The molecule has 0 bridgehead atoms. The molecule has 19 heavy (non-hydrogen) atoms. The lowest BCUT2D eigenvalue weighted by Gasteiger charge is -2.14. The van der Waals surface area contributed by atoms with Crippen LogP contribution in [-0.2, 0) is 9.59 Å². The van der Waals surface area contributed by atoms with Crippen molar-refractivity contribution in [2.24, 2.45) is 0 Å². The molecule has 1 aromatic rings. The van der Waals surface area contributed by atoms with Crippen LogP contribution < -0.4 is 4.90 Å². The van der Waals surface area contributed by atoms with Gasteiger partial charge in [0.15, 0.2) is 0 Å². The Morgan fingerprint density at radius 3 is 2.53 bits per heavy atom. The maximum atomic E-state index is 11.7. The van der Waals surface area contributed by atoms with Crippen LogP contribution in [0, 0.1) is 18.8 Å². The van der Waals surface area contributed by atoms with E-state index < -0.39 is 0 Å². The van der Waals surface area contributed by atoms with Gasteiger partial charge in [-0.05, 0) is 30.7 Å². The second kappa shape index (κ2) is 5.68. The molecule has 0 atom stereocenters. The topological polar surface area (TPSA) is 57.6 Å². The lowest BCUT2D eigenvalue weighted by Crippen LogP contribution is -2.28. The van der Waals surface area contributed by atoms with Gasteiger partial charge in [0.2, 0.25) is 11.8 Å². The molecule has 1 N–H and O–H groups in total. The zero-order valence-electron chi connectivity index (χ0n) is 10.8. The molecule has 0 aliphatic carbocycles. The standard InChI is InChI=1S/C15H15NO3/c1-11-8-12(4-2-3-7-17)10-13(9-11)16-14(18)5-6-15(16)19/h8-10,17H,3,5-7H2,1H3. The van der Waals surface area contributed by atoms with Gasteiger partial charge in [-0.1, -0.05) is 11.8 Å². The van der Waals surface area contributed by atoms with E-state index in [2.05, 4.69) is 11.8 Å². The van der Waals surface area contributed by atoms with Crippen molar-refractivity contribution in [2.45, 2.75) is 26.2 Å². The highest BCUT2D eigenvalue weighted by Gasteiger charge is 2.30. The number of imide groups is 1. The number of aliphatic hydroxyl groups excluding tert-OH is 1. The van der Waals surface area contributed by atoms with Crippen LogP contribution in [-0.4, -0.2) is 23.5 Å². The smallest absolute Gasteiger partial charge is 0.234 e. The summed E-state index contributed by atoms with van der Waals surface area (Å²) in [6.45, 7) is 1.92. The van der Waals surface area contributed by atoms with E-state index in [-0.39, 0.29) is 31.3 Å². The van der Waals surface area contributed by atoms with E-state index in [0.29, 0.717) is 12.1 Å². The monoisotopic (exact) mass is 257 g/mol. The first-order valence-electron chi connectivity index (χ1n) is 6.19. The fourth-order valence-electron chi connectivity index (χ4n) is 2.05. The number of rotatable bonds is 2. The lowest BCUT2D eigenvalue weighted by atomic mass is 10.1. The molecule has 1 saturated heterocycles. The summed E-state index contributed by atoms with van der Waals surface area (Å²) in [5, 5.41) is 8.70. The van der Waals surface area contributed by atoms with Gasteiger partial charge >= 0.3 is 0 Å². The van der Waals surface area contributed by atoms with Gasteiger partial charge < -0.3 is 5.11 Å². The molecule has 1 aromatic carbocycles. The summed E-state index contributed by atoms with van der Waals surface area (Å²) < 4.78 is 0. The van der Waals surface area contributed by atoms with E-state index in [1.807, 2.05) is 13.0 Å². The summed E-state index contributed by atoms with van der Waals surface area (Å²) in [5.74, 6) is 5.43. The number of carbonyl (C=O) groups is 2. The summed E-state index contributed by atoms with van der Waals surface area (Å²) in [6, 6.07) is 5.43.